The highest BCUT2D eigenvalue weighted by Gasteiger charge is 2.17. The van der Waals surface area contributed by atoms with E-state index in [1.807, 2.05) is 26.1 Å². The van der Waals surface area contributed by atoms with Crippen LogP contribution in [0.3, 0.4) is 0 Å². The molecule has 3 heterocycles. The first-order valence-electron chi connectivity index (χ1n) is 7.50. The molecule has 0 aliphatic heterocycles. The van der Waals surface area contributed by atoms with Crippen molar-refractivity contribution in [1.29, 1.82) is 0 Å². The highest BCUT2D eigenvalue weighted by Crippen LogP contribution is 2.32. The Morgan fingerprint density at radius 2 is 2.28 bits per heavy atom. The zero-order valence-corrected chi connectivity index (χ0v) is 15.7. The summed E-state index contributed by atoms with van der Waals surface area (Å²) in [5.41, 5.74) is 1.93. The Morgan fingerprint density at radius 3 is 2.96 bits per heavy atom. The lowest BCUT2D eigenvalue weighted by molar-refractivity contribution is 0.293. The fourth-order valence-electron chi connectivity index (χ4n) is 2.67. The lowest BCUT2D eigenvalue weighted by atomic mass is 10.2. The van der Waals surface area contributed by atoms with Crippen molar-refractivity contribution in [3.8, 4) is 0 Å². The second-order valence-corrected chi connectivity index (χ2v) is 7.07. The van der Waals surface area contributed by atoms with Crippen molar-refractivity contribution >= 4 is 44.2 Å². The third kappa shape index (κ3) is 3.12. The highest BCUT2D eigenvalue weighted by atomic mass is 35.5. The van der Waals surface area contributed by atoms with Gasteiger partial charge in [-0.05, 0) is 18.6 Å². The van der Waals surface area contributed by atoms with Crippen molar-refractivity contribution < 1.29 is 4.74 Å². The van der Waals surface area contributed by atoms with Crippen LogP contribution in [0.15, 0.2) is 47.1 Å². The average molecular weight is 377 g/mol. The molecular weight excluding hydrogens is 360 g/mol. The molecule has 130 valence electrons. The Balaban J connectivity index is 2.13. The molecule has 25 heavy (non-hydrogen) atoms. The summed E-state index contributed by atoms with van der Waals surface area (Å²) in [5, 5.41) is 5.08. The third-order valence-electron chi connectivity index (χ3n) is 3.87. The highest BCUT2D eigenvalue weighted by molar-refractivity contribution is 7.23. The van der Waals surface area contributed by atoms with E-state index in [9.17, 15) is 4.79 Å². The summed E-state index contributed by atoms with van der Waals surface area (Å²) in [7, 11) is 3.41. The van der Waals surface area contributed by atoms with E-state index in [1.165, 1.54) is 16.0 Å². The average Bonchev–Trinajstić information content (AvgIpc) is 3.07. The van der Waals surface area contributed by atoms with Crippen LogP contribution in [0.4, 0.5) is 0 Å². The quantitative estimate of drug-likeness (QED) is 0.503. The zero-order valence-electron chi connectivity index (χ0n) is 14.1. The minimum Gasteiger partial charge on any atom is -0.501 e. The van der Waals surface area contributed by atoms with Crippen molar-refractivity contribution in [2.24, 2.45) is 7.05 Å². The van der Waals surface area contributed by atoms with E-state index in [-0.39, 0.29) is 5.56 Å². The second kappa shape index (κ2) is 6.85. The van der Waals surface area contributed by atoms with E-state index in [4.69, 9.17) is 16.3 Å². The normalized spacial score (nSPS) is 13.0. The molecule has 0 saturated carbocycles. The van der Waals surface area contributed by atoms with Crippen LogP contribution in [0.25, 0.3) is 21.3 Å². The van der Waals surface area contributed by atoms with Gasteiger partial charge in [0, 0.05) is 12.4 Å². The summed E-state index contributed by atoms with van der Waals surface area (Å²) in [4.78, 5) is 17.2. The molecule has 0 aliphatic carbocycles. The number of hydrogen-bond acceptors (Lipinski definition) is 5. The predicted octanol–water partition coefficient (Wildman–Crippen LogP) is 3.66. The lowest BCUT2D eigenvalue weighted by Crippen LogP contribution is -2.24. The first-order chi connectivity index (χ1) is 12.0. The summed E-state index contributed by atoms with van der Waals surface area (Å²) < 4.78 is 9.68. The fraction of sp³-hybridized carbons (Fsp3) is 0.235. The Kier molecular flexibility index (Phi) is 4.78. The van der Waals surface area contributed by atoms with Gasteiger partial charge in [0.2, 0.25) is 0 Å². The fourth-order valence-corrected chi connectivity index (χ4v) is 3.81. The number of thiazole rings is 1. The van der Waals surface area contributed by atoms with Crippen molar-refractivity contribution in [3.63, 3.8) is 0 Å². The molecule has 0 bridgehead atoms. The number of halogens is 1. The maximum absolute atomic E-state index is 12.9. The first kappa shape index (κ1) is 17.4. The van der Waals surface area contributed by atoms with Crippen LogP contribution in [0.2, 0.25) is 4.47 Å². The maximum atomic E-state index is 12.9. The Hall–Kier alpha value is -2.38. The van der Waals surface area contributed by atoms with Gasteiger partial charge in [-0.2, -0.15) is 5.10 Å². The van der Waals surface area contributed by atoms with Crippen LogP contribution >= 0.6 is 22.9 Å². The predicted molar refractivity (Wildman–Crippen MR) is 102 cm³/mol. The molecule has 0 aliphatic rings. The Bertz CT molecular complexity index is 1090. The van der Waals surface area contributed by atoms with Gasteiger partial charge in [-0.15, -0.1) is 0 Å². The number of allylic oxidation sites excluding steroid dienone is 5. The molecule has 0 fully saturated rings. The smallest absolute Gasteiger partial charge is 0.291 e. The van der Waals surface area contributed by atoms with Crippen LogP contribution in [0.1, 0.15) is 6.92 Å². The Labute approximate surface area is 153 Å². The van der Waals surface area contributed by atoms with Gasteiger partial charge in [0.25, 0.3) is 5.56 Å². The topological polar surface area (TPSA) is 61.9 Å². The van der Waals surface area contributed by atoms with E-state index in [1.54, 1.807) is 23.9 Å². The van der Waals surface area contributed by atoms with Gasteiger partial charge in [0.05, 0.1) is 30.3 Å². The van der Waals surface area contributed by atoms with Crippen LogP contribution in [-0.4, -0.2) is 26.4 Å². The molecule has 0 N–H and O–H groups in total. The summed E-state index contributed by atoms with van der Waals surface area (Å²) in [6.07, 6.45) is 7.03. The summed E-state index contributed by atoms with van der Waals surface area (Å²) in [6, 6.07) is 0. The van der Waals surface area contributed by atoms with Gasteiger partial charge in [-0.25, -0.2) is 9.67 Å². The number of hydrogen-bond donors (Lipinski definition) is 0. The molecule has 0 aromatic carbocycles. The molecule has 0 saturated heterocycles. The maximum Gasteiger partial charge on any atom is 0.291 e. The first-order valence-corrected chi connectivity index (χ1v) is 8.70. The largest absolute Gasteiger partial charge is 0.501 e. The van der Waals surface area contributed by atoms with E-state index in [2.05, 4.69) is 16.7 Å². The molecular formula is C17H17ClN4O2S. The molecule has 8 heteroatoms. The van der Waals surface area contributed by atoms with Crippen LogP contribution in [-0.2, 0) is 18.3 Å². The van der Waals surface area contributed by atoms with Crippen LogP contribution < -0.4 is 5.56 Å². The molecule has 0 radical (unpaired) electrons. The number of rotatable bonds is 5. The van der Waals surface area contributed by atoms with Gasteiger partial charge in [-0.3, -0.25) is 4.79 Å². The van der Waals surface area contributed by atoms with Gasteiger partial charge in [0.1, 0.15) is 5.52 Å². The molecule has 0 amide bonds. The van der Waals surface area contributed by atoms with Gasteiger partial charge in [-0.1, -0.05) is 41.7 Å². The number of aromatic nitrogens is 4. The van der Waals surface area contributed by atoms with Gasteiger partial charge < -0.3 is 9.30 Å². The SMILES string of the molecule is C=C/C=C(\C=C(/C)OC)Cn1ncc2c3sc(Cl)nc3n(C)c2c1=O. The summed E-state index contributed by atoms with van der Waals surface area (Å²) in [6.45, 7) is 5.87. The number of aryl methyl sites for hydroxylation is 1. The second-order valence-electron chi connectivity index (χ2n) is 5.48. The van der Waals surface area contributed by atoms with Crippen molar-refractivity contribution in [1.82, 2.24) is 19.3 Å². The third-order valence-corrected chi connectivity index (χ3v) is 5.06. The number of fused-ring (bicyclic) bond motifs is 3. The van der Waals surface area contributed by atoms with E-state index in [0.29, 0.717) is 22.2 Å². The van der Waals surface area contributed by atoms with E-state index in [0.717, 1.165) is 21.4 Å². The molecule has 0 spiro atoms. The zero-order chi connectivity index (χ0) is 18.1. The minimum atomic E-state index is -0.181. The molecule has 3 aromatic rings. The monoisotopic (exact) mass is 376 g/mol. The number of ether oxygens (including phenoxy) is 1. The number of methoxy groups -OCH3 is 1. The van der Waals surface area contributed by atoms with Gasteiger partial charge >= 0.3 is 0 Å². The van der Waals surface area contributed by atoms with Crippen molar-refractivity contribution in [3.05, 3.63) is 57.2 Å². The lowest BCUT2D eigenvalue weighted by Gasteiger charge is -2.07. The molecule has 3 rings (SSSR count). The van der Waals surface area contributed by atoms with Gasteiger partial charge in [0.15, 0.2) is 10.1 Å². The number of nitrogens with zero attached hydrogens (tertiary/aromatic N) is 4. The molecule has 3 aromatic heterocycles. The van der Waals surface area contributed by atoms with Crippen LogP contribution in [0.5, 0.6) is 0 Å². The van der Waals surface area contributed by atoms with E-state index < -0.39 is 0 Å². The van der Waals surface area contributed by atoms with E-state index >= 15 is 0 Å². The standard InChI is InChI=1S/C17H17ClN4O2S/c1-5-6-11(7-10(2)24-4)9-22-16(23)13-12(8-19-22)14-15(21(13)3)20-17(18)25-14/h5-8H,1,9H2,2-4H3/b10-7+,11-6+. The minimum absolute atomic E-state index is 0.181. The van der Waals surface area contributed by atoms with Crippen molar-refractivity contribution in [2.75, 3.05) is 7.11 Å². The van der Waals surface area contributed by atoms with Crippen molar-refractivity contribution in [2.45, 2.75) is 13.5 Å². The molecule has 0 atom stereocenters. The summed E-state index contributed by atoms with van der Waals surface area (Å²) in [5.74, 6) is 0.737. The summed E-state index contributed by atoms with van der Waals surface area (Å²) >= 11 is 7.33. The molecule has 0 unspecified atom stereocenters. The Morgan fingerprint density at radius 1 is 1.52 bits per heavy atom. The molecule has 6 nitrogen and oxygen atoms in total. The van der Waals surface area contributed by atoms with Crippen LogP contribution in [0, 0.1) is 0 Å².